The molecular formula is C16H15BrN2O. The van der Waals surface area contributed by atoms with Crippen molar-refractivity contribution in [1.29, 1.82) is 0 Å². The third-order valence-corrected chi connectivity index (χ3v) is 4.51. The van der Waals surface area contributed by atoms with Crippen LogP contribution in [0, 0.1) is 0 Å². The van der Waals surface area contributed by atoms with E-state index in [1.54, 1.807) is 18.3 Å². The Labute approximate surface area is 126 Å². The van der Waals surface area contributed by atoms with E-state index in [4.69, 9.17) is 0 Å². The fourth-order valence-electron chi connectivity index (χ4n) is 2.81. The summed E-state index contributed by atoms with van der Waals surface area (Å²) in [6, 6.07) is 12.1. The molecule has 1 aliphatic carbocycles. The summed E-state index contributed by atoms with van der Waals surface area (Å²) in [6.45, 7) is 0. The summed E-state index contributed by atoms with van der Waals surface area (Å²) in [6.07, 6.45) is 3.69. The second-order valence-electron chi connectivity index (χ2n) is 5.01. The van der Waals surface area contributed by atoms with Crippen molar-refractivity contribution >= 4 is 21.8 Å². The molecule has 102 valence electrons. The predicted molar refractivity (Wildman–Crippen MR) is 81.5 cm³/mol. The lowest BCUT2D eigenvalue weighted by molar-refractivity contribution is 0.0729. The highest BCUT2D eigenvalue weighted by atomic mass is 79.9. The lowest BCUT2D eigenvalue weighted by Crippen LogP contribution is -2.30. The smallest absolute Gasteiger partial charge is 0.256 e. The van der Waals surface area contributed by atoms with Gasteiger partial charge in [0.05, 0.1) is 11.6 Å². The Kier molecular flexibility index (Phi) is 3.57. The molecule has 1 amide bonds. The maximum absolute atomic E-state index is 12.6. The van der Waals surface area contributed by atoms with Gasteiger partial charge in [-0.25, -0.2) is 4.98 Å². The van der Waals surface area contributed by atoms with Crippen LogP contribution in [0.15, 0.2) is 47.2 Å². The molecule has 1 aliphatic rings. The molecule has 0 aliphatic heterocycles. The number of fused-ring (bicyclic) bond motifs is 1. The Hall–Kier alpha value is -1.68. The number of hydrogen-bond acceptors (Lipinski definition) is 2. The van der Waals surface area contributed by atoms with Gasteiger partial charge in [0.15, 0.2) is 0 Å². The zero-order valence-electron chi connectivity index (χ0n) is 11.2. The number of amides is 1. The molecule has 1 aromatic heterocycles. The van der Waals surface area contributed by atoms with Crippen molar-refractivity contribution in [3.8, 4) is 0 Å². The van der Waals surface area contributed by atoms with Crippen LogP contribution < -0.4 is 0 Å². The summed E-state index contributed by atoms with van der Waals surface area (Å²) in [5.41, 5.74) is 3.23. The van der Waals surface area contributed by atoms with Crippen molar-refractivity contribution in [2.45, 2.75) is 18.9 Å². The van der Waals surface area contributed by atoms with Gasteiger partial charge in [-0.1, -0.05) is 24.3 Å². The molecule has 4 heteroatoms. The number of benzene rings is 1. The van der Waals surface area contributed by atoms with E-state index in [1.165, 1.54) is 11.1 Å². The predicted octanol–water partition coefficient (Wildman–Crippen LogP) is 3.60. The first kappa shape index (κ1) is 13.3. The van der Waals surface area contributed by atoms with Gasteiger partial charge in [-0.3, -0.25) is 4.79 Å². The molecule has 2 aromatic rings. The number of rotatable bonds is 2. The van der Waals surface area contributed by atoms with Gasteiger partial charge in [-0.2, -0.15) is 0 Å². The molecule has 0 saturated carbocycles. The molecule has 1 unspecified atom stereocenters. The van der Waals surface area contributed by atoms with Gasteiger partial charge >= 0.3 is 0 Å². The van der Waals surface area contributed by atoms with Crippen LogP contribution in [-0.2, 0) is 6.42 Å². The molecule has 3 rings (SSSR count). The SMILES string of the molecule is CN(C(=O)c1cccnc1Br)C1CCc2ccccc21. The van der Waals surface area contributed by atoms with Gasteiger partial charge in [0.1, 0.15) is 4.60 Å². The number of carbonyl (C=O) groups is 1. The van der Waals surface area contributed by atoms with Gasteiger partial charge in [-0.05, 0) is 52.0 Å². The van der Waals surface area contributed by atoms with Gasteiger partial charge in [-0.15, -0.1) is 0 Å². The average Bonchev–Trinajstić information content (AvgIpc) is 2.90. The van der Waals surface area contributed by atoms with E-state index in [9.17, 15) is 4.79 Å². The van der Waals surface area contributed by atoms with Crippen molar-refractivity contribution in [1.82, 2.24) is 9.88 Å². The van der Waals surface area contributed by atoms with Crippen molar-refractivity contribution in [3.05, 3.63) is 63.9 Å². The molecule has 1 heterocycles. The third kappa shape index (κ3) is 2.24. The topological polar surface area (TPSA) is 33.2 Å². The minimum absolute atomic E-state index is 0.00618. The highest BCUT2D eigenvalue weighted by Gasteiger charge is 2.29. The molecule has 0 bridgehead atoms. The van der Waals surface area contributed by atoms with Gasteiger partial charge in [0.25, 0.3) is 5.91 Å². The van der Waals surface area contributed by atoms with E-state index in [0.29, 0.717) is 10.2 Å². The number of aryl methyl sites for hydroxylation is 1. The largest absolute Gasteiger partial charge is 0.335 e. The lowest BCUT2D eigenvalue weighted by atomic mass is 10.1. The quantitative estimate of drug-likeness (QED) is 0.788. The molecule has 1 aromatic carbocycles. The minimum atomic E-state index is 0.00618. The van der Waals surface area contributed by atoms with Crippen LogP contribution in [-0.4, -0.2) is 22.8 Å². The van der Waals surface area contributed by atoms with Gasteiger partial charge < -0.3 is 4.90 Å². The van der Waals surface area contributed by atoms with Crippen LogP contribution in [0.5, 0.6) is 0 Å². The maximum atomic E-state index is 12.6. The number of halogens is 1. The highest BCUT2D eigenvalue weighted by Crippen LogP contribution is 2.35. The summed E-state index contributed by atoms with van der Waals surface area (Å²) in [7, 11) is 1.87. The summed E-state index contributed by atoms with van der Waals surface area (Å²) in [5, 5.41) is 0. The van der Waals surface area contributed by atoms with Crippen LogP contribution in [0.25, 0.3) is 0 Å². The summed E-state index contributed by atoms with van der Waals surface area (Å²) in [5.74, 6) is 0.00618. The van der Waals surface area contributed by atoms with Crippen LogP contribution in [0.1, 0.15) is 33.9 Å². The number of pyridine rings is 1. The molecule has 3 nitrogen and oxygen atoms in total. The fraction of sp³-hybridized carbons (Fsp3) is 0.250. The monoisotopic (exact) mass is 330 g/mol. The second-order valence-corrected chi connectivity index (χ2v) is 5.76. The van der Waals surface area contributed by atoms with Crippen LogP contribution >= 0.6 is 15.9 Å². The summed E-state index contributed by atoms with van der Waals surface area (Å²) in [4.78, 5) is 18.6. The van der Waals surface area contributed by atoms with Crippen molar-refractivity contribution < 1.29 is 4.79 Å². The van der Waals surface area contributed by atoms with E-state index in [1.807, 2.05) is 18.0 Å². The first-order chi connectivity index (χ1) is 9.68. The second kappa shape index (κ2) is 5.37. The van der Waals surface area contributed by atoms with E-state index in [-0.39, 0.29) is 11.9 Å². The first-order valence-corrected chi connectivity index (χ1v) is 7.43. The molecule has 0 fully saturated rings. The van der Waals surface area contributed by atoms with Gasteiger partial charge in [0.2, 0.25) is 0 Å². The number of hydrogen-bond donors (Lipinski definition) is 0. The number of nitrogens with zero attached hydrogens (tertiary/aromatic N) is 2. The average molecular weight is 331 g/mol. The molecular weight excluding hydrogens is 316 g/mol. The fourth-order valence-corrected chi connectivity index (χ4v) is 3.23. The molecule has 20 heavy (non-hydrogen) atoms. The van der Waals surface area contributed by atoms with E-state index >= 15 is 0 Å². The van der Waals surface area contributed by atoms with Crippen LogP contribution in [0.3, 0.4) is 0 Å². The Morgan fingerprint density at radius 2 is 2.10 bits per heavy atom. The van der Waals surface area contributed by atoms with Crippen LogP contribution in [0.4, 0.5) is 0 Å². The normalized spacial score (nSPS) is 16.8. The Bertz CT molecular complexity index is 656. The minimum Gasteiger partial charge on any atom is -0.335 e. The Balaban J connectivity index is 1.89. The van der Waals surface area contributed by atoms with Gasteiger partial charge in [0, 0.05) is 13.2 Å². The summed E-state index contributed by atoms with van der Waals surface area (Å²) < 4.78 is 0.600. The lowest BCUT2D eigenvalue weighted by Gasteiger charge is -2.25. The zero-order valence-corrected chi connectivity index (χ0v) is 12.8. The van der Waals surface area contributed by atoms with Crippen molar-refractivity contribution in [3.63, 3.8) is 0 Å². The zero-order chi connectivity index (χ0) is 14.1. The molecule has 0 spiro atoms. The number of aromatic nitrogens is 1. The van der Waals surface area contributed by atoms with E-state index in [0.717, 1.165) is 12.8 Å². The standard InChI is InChI=1S/C16H15BrN2O/c1-19(16(20)13-7-4-10-18-15(13)17)14-9-8-11-5-2-3-6-12(11)14/h2-7,10,14H,8-9H2,1H3. The summed E-state index contributed by atoms with van der Waals surface area (Å²) >= 11 is 3.35. The van der Waals surface area contributed by atoms with Crippen LogP contribution in [0.2, 0.25) is 0 Å². The molecule has 0 N–H and O–H groups in total. The Morgan fingerprint density at radius 1 is 1.30 bits per heavy atom. The van der Waals surface area contributed by atoms with Crippen molar-refractivity contribution in [2.24, 2.45) is 0 Å². The molecule has 0 radical (unpaired) electrons. The maximum Gasteiger partial charge on any atom is 0.256 e. The molecule has 0 saturated heterocycles. The first-order valence-electron chi connectivity index (χ1n) is 6.64. The molecule has 1 atom stereocenters. The van der Waals surface area contributed by atoms with Crippen molar-refractivity contribution in [2.75, 3.05) is 7.05 Å². The third-order valence-electron chi connectivity index (χ3n) is 3.88. The van der Waals surface area contributed by atoms with E-state index in [2.05, 4.69) is 39.1 Å². The Morgan fingerprint density at radius 3 is 2.90 bits per heavy atom. The number of carbonyl (C=O) groups excluding carboxylic acids is 1. The van der Waals surface area contributed by atoms with E-state index < -0.39 is 0 Å². The highest BCUT2D eigenvalue weighted by molar-refractivity contribution is 9.10.